The van der Waals surface area contributed by atoms with Gasteiger partial charge >= 0.3 is 11.8 Å². The molecule has 0 unspecified atom stereocenters. The van der Waals surface area contributed by atoms with Gasteiger partial charge in [0, 0.05) is 0 Å². The van der Waals surface area contributed by atoms with Crippen LogP contribution in [0.3, 0.4) is 0 Å². The third-order valence-corrected chi connectivity index (χ3v) is 4.94. The van der Waals surface area contributed by atoms with E-state index in [0.717, 1.165) is 16.9 Å². The standard InChI is InChI=1S/C26H30N2O6/c1-18(23-17-27(24(29)33-23)15-19-7-11-21(31-5)12-8-19)28(25(30)34-26(2,3)4)16-20-9-13-22(32-6)14-10-20/h7-14,17H,1,15-16H2,2-6H3. The van der Waals surface area contributed by atoms with Crippen LogP contribution in [-0.4, -0.2) is 35.4 Å². The number of hydrogen-bond donors (Lipinski definition) is 0. The van der Waals surface area contributed by atoms with Crippen molar-refractivity contribution in [3.63, 3.8) is 0 Å². The van der Waals surface area contributed by atoms with Gasteiger partial charge in [-0.05, 0) is 56.2 Å². The summed E-state index contributed by atoms with van der Waals surface area (Å²) in [7, 11) is 3.18. The third-order valence-electron chi connectivity index (χ3n) is 4.94. The van der Waals surface area contributed by atoms with Crippen LogP contribution in [0.25, 0.3) is 5.70 Å². The average molecular weight is 467 g/mol. The molecule has 0 radical (unpaired) electrons. The average Bonchev–Trinajstić information content (AvgIpc) is 3.16. The van der Waals surface area contributed by atoms with Crippen LogP contribution in [0.1, 0.15) is 37.7 Å². The van der Waals surface area contributed by atoms with Crippen molar-refractivity contribution in [2.24, 2.45) is 0 Å². The number of methoxy groups -OCH3 is 2. The van der Waals surface area contributed by atoms with E-state index in [9.17, 15) is 9.59 Å². The molecule has 1 aromatic heterocycles. The van der Waals surface area contributed by atoms with Crippen LogP contribution in [0, 0.1) is 0 Å². The highest BCUT2D eigenvalue weighted by Gasteiger charge is 2.27. The molecular formula is C26H30N2O6. The lowest BCUT2D eigenvalue weighted by atomic mass is 10.2. The molecule has 8 heteroatoms. The summed E-state index contributed by atoms with van der Waals surface area (Å²) >= 11 is 0. The molecule has 0 bridgehead atoms. The Kier molecular flexibility index (Phi) is 7.50. The van der Waals surface area contributed by atoms with Crippen molar-refractivity contribution in [3.8, 4) is 11.5 Å². The fraction of sp³-hybridized carbons (Fsp3) is 0.308. The van der Waals surface area contributed by atoms with E-state index in [4.69, 9.17) is 18.6 Å². The van der Waals surface area contributed by atoms with Crippen molar-refractivity contribution in [1.29, 1.82) is 0 Å². The number of ether oxygens (including phenoxy) is 3. The molecule has 1 amide bonds. The first-order chi connectivity index (χ1) is 16.1. The highest BCUT2D eigenvalue weighted by Crippen LogP contribution is 2.24. The van der Waals surface area contributed by atoms with Crippen LogP contribution in [0.4, 0.5) is 4.79 Å². The Morgan fingerprint density at radius 3 is 2.00 bits per heavy atom. The molecule has 3 aromatic rings. The fourth-order valence-electron chi connectivity index (χ4n) is 3.18. The highest BCUT2D eigenvalue weighted by molar-refractivity contribution is 5.80. The van der Waals surface area contributed by atoms with Crippen molar-refractivity contribution < 1.29 is 23.4 Å². The van der Waals surface area contributed by atoms with E-state index in [1.807, 2.05) is 36.4 Å². The summed E-state index contributed by atoms with van der Waals surface area (Å²) in [5, 5.41) is 0. The minimum absolute atomic E-state index is 0.172. The van der Waals surface area contributed by atoms with Crippen molar-refractivity contribution in [2.45, 2.75) is 39.5 Å². The molecule has 0 N–H and O–H groups in total. The summed E-state index contributed by atoms with van der Waals surface area (Å²) in [6.45, 7) is 9.84. The van der Waals surface area contributed by atoms with Crippen LogP contribution in [-0.2, 0) is 17.8 Å². The number of carbonyl (C=O) groups excluding carboxylic acids is 1. The number of benzene rings is 2. The van der Waals surface area contributed by atoms with E-state index in [1.165, 1.54) is 9.47 Å². The number of carbonyl (C=O) groups is 1. The predicted molar refractivity (Wildman–Crippen MR) is 129 cm³/mol. The Morgan fingerprint density at radius 2 is 1.50 bits per heavy atom. The number of oxazole rings is 1. The molecule has 0 fully saturated rings. The van der Waals surface area contributed by atoms with Gasteiger partial charge in [0.15, 0.2) is 5.76 Å². The molecule has 1 heterocycles. The predicted octanol–water partition coefficient (Wildman–Crippen LogP) is 4.91. The van der Waals surface area contributed by atoms with Crippen molar-refractivity contribution in [2.75, 3.05) is 14.2 Å². The van der Waals surface area contributed by atoms with Crippen LogP contribution in [0.15, 0.2) is 70.5 Å². The van der Waals surface area contributed by atoms with Gasteiger partial charge in [0.1, 0.15) is 17.1 Å². The van der Waals surface area contributed by atoms with Gasteiger partial charge in [0.2, 0.25) is 0 Å². The van der Waals surface area contributed by atoms with Crippen molar-refractivity contribution >= 4 is 11.8 Å². The van der Waals surface area contributed by atoms with E-state index < -0.39 is 17.5 Å². The molecule has 0 aliphatic heterocycles. The Bertz CT molecular complexity index is 1180. The Labute approximate surface area is 199 Å². The maximum absolute atomic E-state index is 13.0. The largest absolute Gasteiger partial charge is 0.497 e. The van der Waals surface area contributed by atoms with Gasteiger partial charge in [-0.2, -0.15) is 0 Å². The summed E-state index contributed by atoms with van der Waals surface area (Å²) in [6.07, 6.45) is 0.944. The van der Waals surface area contributed by atoms with E-state index >= 15 is 0 Å². The molecule has 0 aliphatic carbocycles. The smallest absolute Gasteiger partial charge is 0.419 e. The third kappa shape index (κ3) is 6.31. The van der Waals surface area contributed by atoms with Crippen LogP contribution in [0.5, 0.6) is 11.5 Å². The second kappa shape index (κ2) is 10.3. The van der Waals surface area contributed by atoms with Gasteiger partial charge in [-0.1, -0.05) is 30.8 Å². The van der Waals surface area contributed by atoms with Gasteiger partial charge in [-0.25, -0.2) is 9.59 Å². The van der Waals surface area contributed by atoms with Crippen LogP contribution in [0.2, 0.25) is 0 Å². The minimum atomic E-state index is -0.712. The number of aromatic nitrogens is 1. The first-order valence-electron chi connectivity index (χ1n) is 10.8. The summed E-state index contributed by atoms with van der Waals surface area (Å²) in [6, 6.07) is 14.7. The topological polar surface area (TPSA) is 83.1 Å². The van der Waals surface area contributed by atoms with Crippen molar-refractivity contribution in [3.05, 3.63) is 88.7 Å². The Morgan fingerprint density at radius 1 is 0.971 bits per heavy atom. The van der Waals surface area contributed by atoms with Gasteiger partial charge in [-0.3, -0.25) is 9.47 Å². The van der Waals surface area contributed by atoms with E-state index in [1.54, 1.807) is 53.3 Å². The lowest BCUT2D eigenvalue weighted by Crippen LogP contribution is -2.35. The zero-order valence-electron chi connectivity index (χ0n) is 20.2. The highest BCUT2D eigenvalue weighted by atomic mass is 16.6. The zero-order valence-corrected chi connectivity index (χ0v) is 20.2. The molecule has 8 nitrogen and oxygen atoms in total. The van der Waals surface area contributed by atoms with Gasteiger partial charge in [0.05, 0.1) is 39.2 Å². The van der Waals surface area contributed by atoms with Gasteiger partial charge < -0.3 is 18.6 Å². The lowest BCUT2D eigenvalue weighted by Gasteiger charge is -2.28. The molecule has 0 aliphatic rings. The number of rotatable bonds is 8. The molecule has 0 saturated heterocycles. The van der Waals surface area contributed by atoms with Crippen molar-refractivity contribution in [1.82, 2.24) is 9.47 Å². The van der Waals surface area contributed by atoms with E-state index in [0.29, 0.717) is 12.3 Å². The quantitative estimate of drug-likeness (QED) is 0.469. The molecule has 34 heavy (non-hydrogen) atoms. The van der Waals surface area contributed by atoms with Gasteiger partial charge in [-0.15, -0.1) is 0 Å². The normalized spacial score (nSPS) is 11.1. The summed E-state index contributed by atoms with van der Waals surface area (Å²) < 4.78 is 22.8. The lowest BCUT2D eigenvalue weighted by molar-refractivity contribution is 0.0340. The molecule has 0 atom stereocenters. The fourth-order valence-corrected chi connectivity index (χ4v) is 3.18. The Hall–Kier alpha value is -3.94. The SMILES string of the molecule is C=C(c1cn(Cc2ccc(OC)cc2)c(=O)o1)N(Cc1ccc(OC)cc1)C(=O)OC(C)(C)C. The number of nitrogens with zero attached hydrogens (tertiary/aromatic N) is 2. The zero-order chi connectivity index (χ0) is 24.9. The molecule has 0 spiro atoms. The maximum atomic E-state index is 13.0. The summed E-state index contributed by atoms with van der Waals surface area (Å²) in [5.41, 5.74) is 1.22. The minimum Gasteiger partial charge on any atom is -0.497 e. The van der Waals surface area contributed by atoms with Gasteiger partial charge in [0.25, 0.3) is 0 Å². The van der Waals surface area contributed by atoms with E-state index in [-0.39, 0.29) is 18.0 Å². The van der Waals surface area contributed by atoms with Crippen LogP contribution < -0.4 is 15.2 Å². The molecule has 180 valence electrons. The molecule has 2 aromatic carbocycles. The number of hydrogen-bond acceptors (Lipinski definition) is 6. The summed E-state index contributed by atoms with van der Waals surface area (Å²) in [4.78, 5) is 26.9. The van der Waals surface area contributed by atoms with E-state index in [2.05, 4.69) is 6.58 Å². The Balaban J connectivity index is 1.86. The first-order valence-corrected chi connectivity index (χ1v) is 10.8. The first kappa shape index (κ1) is 24.7. The van der Waals surface area contributed by atoms with Crippen LogP contribution >= 0.6 is 0 Å². The second-order valence-electron chi connectivity index (χ2n) is 8.70. The number of amides is 1. The molecule has 3 rings (SSSR count). The molecule has 0 saturated carbocycles. The maximum Gasteiger partial charge on any atom is 0.419 e. The summed E-state index contributed by atoms with van der Waals surface area (Å²) in [5.74, 6) is 1.05. The molecular weight excluding hydrogens is 436 g/mol. The monoisotopic (exact) mass is 466 g/mol. The second-order valence-corrected chi connectivity index (χ2v) is 8.70.